The molecule has 0 fully saturated rings. The molecule has 0 saturated heterocycles. The minimum atomic E-state index is -5.15. The molecule has 0 N–H and O–H groups in total. The van der Waals surface area contributed by atoms with Crippen molar-refractivity contribution in [2.24, 2.45) is 0 Å². The molecule has 0 aliphatic heterocycles. The molecule has 0 aliphatic rings. The second-order valence-corrected chi connectivity index (χ2v) is 9.14. The number of methoxy groups -OCH3 is 2. The van der Waals surface area contributed by atoms with Crippen molar-refractivity contribution in [1.82, 2.24) is 0 Å². The summed E-state index contributed by atoms with van der Waals surface area (Å²) in [6, 6.07) is 5.47. The average molecular weight is 601 g/mol. The third-order valence-corrected chi connectivity index (χ3v) is 6.09. The fourth-order valence-corrected chi connectivity index (χ4v) is 4.47. The number of carbonyl (C=O) groups is 2. The molecule has 214 valence electrons. The van der Waals surface area contributed by atoms with Crippen molar-refractivity contribution in [3.63, 3.8) is 0 Å². The maximum atomic E-state index is 12.9. The summed E-state index contributed by atoms with van der Waals surface area (Å²) in [7, 11) is -2.51. The number of benzene rings is 2. The van der Waals surface area contributed by atoms with Gasteiger partial charge in [0.25, 0.3) is 10.4 Å². The van der Waals surface area contributed by atoms with Gasteiger partial charge < -0.3 is 41.3 Å². The number of hydrogen-bond donors (Lipinski definition) is 0. The van der Waals surface area contributed by atoms with E-state index in [9.17, 15) is 22.6 Å². The van der Waals surface area contributed by atoms with Crippen molar-refractivity contribution < 1.29 is 88.8 Å². The van der Waals surface area contributed by atoms with Gasteiger partial charge in [-0.05, 0) is 32.9 Å². The molecule has 0 unspecified atom stereocenters. The van der Waals surface area contributed by atoms with Crippen LogP contribution in [0.1, 0.15) is 46.1 Å². The summed E-state index contributed by atoms with van der Waals surface area (Å²) in [6.07, 6.45) is 0. The van der Waals surface area contributed by atoms with Crippen LogP contribution in [0, 0.1) is 6.92 Å². The van der Waals surface area contributed by atoms with Gasteiger partial charge in [0.2, 0.25) is 0 Å². The third kappa shape index (κ3) is 6.73. The summed E-state index contributed by atoms with van der Waals surface area (Å²) in [5, 5.41) is 0.559. The predicted octanol–water partition coefficient (Wildman–Crippen LogP) is 1.28. The molecule has 41 heavy (non-hydrogen) atoms. The van der Waals surface area contributed by atoms with E-state index in [-0.39, 0.29) is 94.5 Å². The number of carbonyl (C=O) groups excluding carboxylic acids is 2. The van der Waals surface area contributed by atoms with Crippen LogP contribution in [0.15, 0.2) is 33.1 Å². The third-order valence-electron chi connectivity index (χ3n) is 5.71. The van der Waals surface area contributed by atoms with E-state index < -0.39 is 28.1 Å². The van der Waals surface area contributed by atoms with E-state index in [2.05, 4.69) is 4.18 Å². The molecule has 0 radical (unpaired) electrons. The first kappa shape index (κ1) is 32.1. The predicted molar refractivity (Wildman–Crippen MR) is 137 cm³/mol. The van der Waals surface area contributed by atoms with Crippen LogP contribution in [0.2, 0.25) is 0 Å². The first-order chi connectivity index (χ1) is 19.0. The Kier molecular flexibility index (Phi) is 10.2. The van der Waals surface area contributed by atoms with Crippen molar-refractivity contribution >= 4 is 44.3 Å². The fourth-order valence-electron chi connectivity index (χ4n) is 4.12. The molecule has 4 aromatic rings. The number of esters is 2. The molecule has 0 bridgehead atoms. The van der Waals surface area contributed by atoms with Gasteiger partial charge in [-0.2, -0.15) is 0 Å². The first-order valence-corrected chi connectivity index (χ1v) is 13.2. The van der Waals surface area contributed by atoms with E-state index in [4.69, 9.17) is 32.5 Å². The van der Waals surface area contributed by atoms with E-state index >= 15 is 0 Å². The van der Waals surface area contributed by atoms with Gasteiger partial charge in [-0.15, -0.1) is 0 Å². The van der Waals surface area contributed by atoms with Gasteiger partial charge in [0.05, 0.1) is 27.4 Å². The second kappa shape index (κ2) is 13.0. The van der Waals surface area contributed by atoms with E-state index in [1.807, 2.05) is 0 Å². The zero-order valence-corrected chi connectivity index (χ0v) is 26.0. The number of ether oxygens (including phenoxy) is 5. The maximum Gasteiger partial charge on any atom is 1.00 e. The summed E-state index contributed by atoms with van der Waals surface area (Å²) < 4.78 is 76.5. The summed E-state index contributed by atoms with van der Waals surface area (Å²) >= 11 is 0. The molecule has 0 atom stereocenters. The quantitative estimate of drug-likeness (QED) is 0.104. The van der Waals surface area contributed by atoms with Gasteiger partial charge in [-0.25, -0.2) is 18.0 Å². The normalized spacial score (nSPS) is 11.2. The Morgan fingerprint density at radius 3 is 1.90 bits per heavy atom. The Morgan fingerprint density at radius 1 is 0.805 bits per heavy atom. The van der Waals surface area contributed by atoms with Gasteiger partial charge >= 0.3 is 41.5 Å². The molecule has 2 aromatic heterocycles. The minimum absolute atomic E-state index is 0. The summed E-state index contributed by atoms with van der Waals surface area (Å²) in [5.41, 5.74) is 0.621. The van der Waals surface area contributed by atoms with Crippen LogP contribution in [-0.2, 0) is 26.5 Å². The number of furan rings is 2. The number of fused-ring (bicyclic) bond motifs is 2. The molecule has 2 heterocycles. The van der Waals surface area contributed by atoms with E-state index in [1.54, 1.807) is 26.8 Å². The van der Waals surface area contributed by atoms with Crippen LogP contribution in [0.4, 0.5) is 0 Å². The molecule has 0 aliphatic carbocycles. The second-order valence-electron chi connectivity index (χ2n) is 8.15. The maximum absolute atomic E-state index is 12.9. The molecule has 0 spiro atoms. The summed E-state index contributed by atoms with van der Waals surface area (Å²) in [6.45, 7) is 4.84. The Labute approximate surface area is 256 Å². The summed E-state index contributed by atoms with van der Waals surface area (Å²) in [5.74, 6) is -1.07. The zero-order valence-electron chi connectivity index (χ0n) is 23.1. The van der Waals surface area contributed by atoms with Gasteiger partial charge in [-0.3, -0.25) is 0 Å². The number of rotatable bonds is 11. The van der Waals surface area contributed by atoms with Gasteiger partial charge in [0, 0.05) is 22.9 Å². The molecule has 0 saturated carbocycles. The van der Waals surface area contributed by atoms with Crippen LogP contribution >= 0.6 is 0 Å². The molecule has 0 amide bonds. The van der Waals surface area contributed by atoms with Gasteiger partial charge in [0.15, 0.2) is 28.8 Å². The van der Waals surface area contributed by atoms with Crippen LogP contribution in [-0.4, -0.2) is 52.3 Å². The van der Waals surface area contributed by atoms with Crippen LogP contribution in [0.3, 0.4) is 0 Å². The van der Waals surface area contributed by atoms with Crippen molar-refractivity contribution in [3.05, 3.63) is 46.9 Å². The zero-order chi connectivity index (χ0) is 29.2. The van der Waals surface area contributed by atoms with E-state index in [0.717, 1.165) is 6.07 Å². The van der Waals surface area contributed by atoms with Crippen molar-refractivity contribution in [2.45, 2.75) is 27.4 Å². The SMILES string of the molecule is CCOC(=O)c1c(C)oc2cc(OCc3oc4cc(OC)c(OS(=O)(=O)[O-])cc4c3C(=O)OCC)c(OC)cc12.[Na+]. The van der Waals surface area contributed by atoms with Crippen molar-refractivity contribution in [2.75, 3.05) is 27.4 Å². The van der Waals surface area contributed by atoms with Gasteiger partial charge in [0.1, 0.15) is 34.7 Å². The van der Waals surface area contributed by atoms with Crippen molar-refractivity contribution in [1.29, 1.82) is 0 Å². The smallest absolute Gasteiger partial charge is 0.716 e. The van der Waals surface area contributed by atoms with E-state index in [1.165, 1.54) is 26.4 Å². The molecule has 15 heteroatoms. The largest absolute Gasteiger partial charge is 1.00 e. The van der Waals surface area contributed by atoms with Crippen LogP contribution in [0.25, 0.3) is 21.9 Å². The molecular weight excluding hydrogens is 575 g/mol. The Morgan fingerprint density at radius 2 is 1.32 bits per heavy atom. The van der Waals surface area contributed by atoms with Crippen LogP contribution < -0.4 is 48.0 Å². The first-order valence-electron chi connectivity index (χ1n) is 11.9. The van der Waals surface area contributed by atoms with Crippen LogP contribution in [0.5, 0.6) is 23.0 Å². The Hall–Kier alpha value is -3.43. The van der Waals surface area contributed by atoms with E-state index in [0.29, 0.717) is 16.7 Å². The number of hydrogen-bond acceptors (Lipinski definition) is 13. The Balaban J connectivity index is 0.00000462. The molecule has 2 aromatic carbocycles. The standard InChI is InChI=1S/C26H26O13S.Na/c1-6-34-25(27)23-13(3)37-16-11-20(18(32-4)8-14(16)23)36-12-22-24(26(28)35-7-2)15-9-21(39-40(29,30)31)19(33-5)10-17(15)38-22;/h8-11H,6-7,12H2,1-5H3,(H,29,30,31);/q;+1/p-1. The molecule has 13 nitrogen and oxygen atoms in total. The monoisotopic (exact) mass is 600 g/mol. The van der Waals surface area contributed by atoms with Crippen molar-refractivity contribution in [3.8, 4) is 23.0 Å². The molecule has 4 rings (SSSR count). The Bertz CT molecular complexity index is 1700. The number of aryl methyl sites for hydroxylation is 1. The topological polar surface area (TPSA) is 173 Å². The van der Waals surface area contributed by atoms with Gasteiger partial charge in [-0.1, -0.05) is 0 Å². The average Bonchev–Trinajstić information content (AvgIpc) is 3.40. The summed E-state index contributed by atoms with van der Waals surface area (Å²) in [4.78, 5) is 25.3. The fraction of sp³-hybridized carbons (Fsp3) is 0.308. The minimum Gasteiger partial charge on any atom is -0.716 e. The molecular formula is C26H25NaO13S.